The zero-order valence-corrected chi connectivity index (χ0v) is 10.7. The molecule has 2 nitrogen and oxygen atoms in total. The molecule has 78 valence electrons. The van der Waals surface area contributed by atoms with Crippen molar-refractivity contribution in [3.05, 3.63) is 20.8 Å². The second-order valence-corrected chi connectivity index (χ2v) is 5.22. The molecule has 0 aromatic carbocycles. The number of halogens is 1. The molecule has 0 aliphatic rings. The Morgan fingerprint density at radius 3 is 2.86 bits per heavy atom. The summed E-state index contributed by atoms with van der Waals surface area (Å²) in [6.07, 6.45) is 0.595. The summed E-state index contributed by atoms with van der Waals surface area (Å²) in [4.78, 5) is 12.5. The van der Waals surface area contributed by atoms with Crippen LogP contribution in [0.3, 0.4) is 0 Å². The van der Waals surface area contributed by atoms with E-state index >= 15 is 0 Å². The monoisotopic (exact) mass is 276 g/mol. The van der Waals surface area contributed by atoms with E-state index in [1.807, 2.05) is 25.3 Å². The molecule has 0 N–H and O–H groups in total. The topological polar surface area (TPSA) is 26.3 Å². The van der Waals surface area contributed by atoms with Gasteiger partial charge in [0.1, 0.15) is 6.61 Å². The number of Topliss-reactive ketones (excluding diaryl/α,β-unsaturated/α-hetero) is 1. The van der Waals surface area contributed by atoms with Crippen LogP contribution < -0.4 is 0 Å². The summed E-state index contributed by atoms with van der Waals surface area (Å²) in [5.74, 6) is 0.132. The van der Waals surface area contributed by atoms with E-state index < -0.39 is 0 Å². The Hall–Kier alpha value is -0.190. The van der Waals surface area contributed by atoms with Crippen molar-refractivity contribution < 1.29 is 9.53 Å². The summed E-state index contributed by atoms with van der Waals surface area (Å²) in [5.41, 5.74) is 0. The van der Waals surface area contributed by atoms with Gasteiger partial charge in [-0.3, -0.25) is 4.79 Å². The number of rotatable bonds is 5. The van der Waals surface area contributed by atoms with Crippen molar-refractivity contribution in [3.63, 3.8) is 0 Å². The second kappa shape index (κ2) is 5.63. The van der Waals surface area contributed by atoms with Gasteiger partial charge in [-0.25, -0.2) is 0 Å². The fourth-order valence-electron chi connectivity index (χ4n) is 0.951. The second-order valence-electron chi connectivity index (χ2n) is 3.31. The first kappa shape index (κ1) is 11.9. The Kier molecular flexibility index (Phi) is 4.78. The number of ketones is 1. The van der Waals surface area contributed by atoms with Gasteiger partial charge in [-0.05, 0) is 35.8 Å². The number of carbonyl (C=O) groups is 1. The van der Waals surface area contributed by atoms with E-state index in [1.54, 1.807) is 11.3 Å². The van der Waals surface area contributed by atoms with Crippen LogP contribution in [0.2, 0.25) is 0 Å². The Labute approximate surface area is 96.4 Å². The lowest BCUT2D eigenvalue weighted by Gasteiger charge is -2.05. The van der Waals surface area contributed by atoms with Crippen molar-refractivity contribution in [1.82, 2.24) is 0 Å². The molecular formula is C10H13BrO2S. The highest BCUT2D eigenvalue weighted by Crippen LogP contribution is 2.20. The van der Waals surface area contributed by atoms with Crippen LogP contribution in [0.25, 0.3) is 0 Å². The number of thiophene rings is 1. The molecule has 1 heterocycles. The number of hydrogen-bond acceptors (Lipinski definition) is 3. The van der Waals surface area contributed by atoms with Crippen LogP contribution in [0.1, 0.15) is 18.7 Å². The molecule has 0 unspecified atom stereocenters. The molecule has 1 rings (SSSR count). The molecule has 1 aromatic heterocycles. The Morgan fingerprint density at radius 2 is 2.36 bits per heavy atom. The molecule has 0 aliphatic carbocycles. The minimum atomic E-state index is 0.119. The summed E-state index contributed by atoms with van der Waals surface area (Å²) < 4.78 is 6.26. The minimum absolute atomic E-state index is 0.119. The normalized spacial score (nSPS) is 10.9. The third kappa shape index (κ3) is 4.35. The van der Waals surface area contributed by atoms with E-state index in [-0.39, 0.29) is 18.5 Å². The maximum atomic E-state index is 11.4. The summed E-state index contributed by atoms with van der Waals surface area (Å²) in [5, 5.41) is 1.98. The molecule has 1 aromatic rings. The van der Waals surface area contributed by atoms with Gasteiger partial charge in [0.05, 0.1) is 6.10 Å². The van der Waals surface area contributed by atoms with Gasteiger partial charge in [-0.2, -0.15) is 0 Å². The van der Waals surface area contributed by atoms with Crippen molar-refractivity contribution in [2.75, 3.05) is 6.61 Å². The summed E-state index contributed by atoms with van der Waals surface area (Å²) in [6, 6.07) is 1.97. The highest BCUT2D eigenvalue weighted by molar-refractivity contribution is 9.10. The van der Waals surface area contributed by atoms with Crippen molar-refractivity contribution >= 4 is 33.0 Å². The molecule has 0 atom stereocenters. The van der Waals surface area contributed by atoms with E-state index in [0.29, 0.717) is 6.42 Å². The lowest BCUT2D eigenvalue weighted by atomic mass is 10.2. The summed E-state index contributed by atoms with van der Waals surface area (Å²) in [7, 11) is 0. The molecule has 0 saturated carbocycles. The summed E-state index contributed by atoms with van der Waals surface area (Å²) in [6.45, 7) is 4.07. The fourth-order valence-corrected chi connectivity index (χ4v) is 2.43. The largest absolute Gasteiger partial charge is 0.371 e. The number of ether oxygens (including phenoxy) is 1. The molecule has 14 heavy (non-hydrogen) atoms. The predicted octanol–water partition coefficient (Wildman–Crippen LogP) is 3.05. The third-order valence-corrected chi connectivity index (χ3v) is 3.27. The average molecular weight is 277 g/mol. The molecule has 0 amide bonds. The van der Waals surface area contributed by atoms with E-state index in [4.69, 9.17) is 4.74 Å². The van der Waals surface area contributed by atoms with Gasteiger partial charge in [0.15, 0.2) is 5.78 Å². The Bertz CT molecular complexity index is 307. The quantitative estimate of drug-likeness (QED) is 0.826. The van der Waals surface area contributed by atoms with Gasteiger partial charge >= 0.3 is 0 Å². The molecular weight excluding hydrogens is 264 g/mol. The van der Waals surface area contributed by atoms with Crippen LogP contribution >= 0.6 is 27.3 Å². The van der Waals surface area contributed by atoms with Crippen LogP contribution in [0.4, 0.5) is 0 Å². The van der Waals surface area contributed by atoms with Gasteiger partial charge < -0.3 is 4.74 Å². The van der Waals surface area contributed by atoms with Crippen molar-refractivity contribution in [2.45, 2.75) is 26.4 Å². The maximum absolute atomic E-state index is 11.4. The molecule has 0 saturated heterocycles. The van der Waals surface area contributed by atoms with Crippen LogP contribution in [-0.4, -0.2) is 18.5 Å². The van der Waals surface area contributed by atoms with E-state index in [1.165, 1.54) is 0 Å². The van der Waals surface area contributed by atoms with Crippen molar-refractivity contribution in [3.8, 4) is 0 Å². The first-order chi connectivity index (χ1) is 6.58. The van der Waals surface area contributed by atoms with Crippen LogP contribution in [0.5, 0.6) is 0 Å². The fraction of sp³-hybridized carbons (Fsp3) is 0.500. The molecule has 0 bridgehead atoms. The third-order valence-electron chi connectivity index (χ3n) is 1.57. The first-order valence-electron chi connectivity index (χ1n) is 4.44. The zero-order valence-electron chi connectivity index (χ0n) is 8.25. The molecule has 0 radical (unpaired) electrons. The Balaban J connectivity index is 2.34. The SMILES string of the molecule is CC(C)OCC(=O)Cc1cc(Br)cs1. The standard InChI is InChI=1S/C10H13BrO2S/c1-7(2)13-5-9(12)4-10-3-8(11)6-14-10/h3,6-7H,4-5H2,1-2H3. The van der Waals surface area contributed by atoms with Gasteiger partial charge in [0.25, 0.3) is 0 Å². The molecule has 0 spiro atoms. The average Bonchev–Trinajstić information content (AvgIpc) is 2.48. The number of hydrogen-bond donors (Lipinski definition) is 0. The highest BCUT2D eigenvalue weighted by Gasteiger charge is 2.06. The Morgan fingerprint density at radius 1 is 1.64 bits per heavy atom. The highest BCUT2D eigenvalue weighted by atomic mass is 79.9. The first-order valence-corrected chi connectivity index (χ1v) is 6.11. The van der Waals surface area contributed by atoms with Crippen LogP contribution in [0, 0.1) is 0 Å². The van der Waals surface area contributed by atoms with E-state index in [0.717, 1.165) is 9.35 Å². The minimum Gasteiger partial charge on any atom is -0.371 e. The smallest absolute Gasteiger partial charge is 0.163 e. The maximum Gasteiger partial charge on any atom is 0.163 e. The summed E-state index contributed by atoms with van der Waals surface area (Å²) >= 11 is 4.94. The molecule has 4 heteroatoms. The van der Waals surface area contributed by atoms with Gasteiger partial charge in [0, 0.05) is 21.2 Å². The zero-order chi connectivity index (χ0) is 10.6. The van der Waals surface area contributed by atoms with Crippen LogP contribution in [-0.2, 0) is 16.0 Å². The van der Waals surface area contributed by atoms with E-state index in [9.17, 15) is 4.79 Å². The molecule has 0 fully saturated rings. The molecule has 0 aliphatic heterocycles. The van der Waals surface area contributed by atoms with Gasteiger partial charge in [0.2, 0.25) is 0 Å². The van der Waals surface area contributed by atoms with Crippen LogP contribution in [0.15, 0.2) is 15.9 Å². The van der Waals surface area contributed by atoms with E-state index in [2.05, 4.69) is 15.9 Å². The predicted molar refractivity (Wildman–Crippen MR) is 61.8 cm³/mol. The van der Waals surface area contributed by atoms with Crippen molar-refractivity contribution in [2.24, 2.45) is 0 Å². The lowest BCUT2D eigenvalue weighted by Crippen LogP contribution is -2.14. The number of carbonyl (C=O) groups excluding carboxylic acids is 1. The lowest BCUT2D eigenvalue weighted by molar-refractivity contribution is -0.124. The van der Waals surface area contributed by atoms with Gasteiger partial charge in [-0.15, -0.1) is 11.3 Å². The van der Waals surface area contributed by atoms with Crippen molar-refractivity contribution in [1.29, 1.82) is 0 Å². The van der Waals surface area contributed by atoms with Gasteiger partial charge in [-0.1, -0.05) is 0 Å².